The lowest BCUT2D eigenvalue weighted by molar-refractivity contribution is -0.136. The molecule has 0 radical (unpaired) electrons. The molecule has 0 unspecified atom stereocenters. The number of nitrogens with one attached hydrogen (secondary N) is 1. The second-order valence-electron chi connectivity index (χ2n) is 9.00. The number of carbonyl (C=O) groups is 2. The lowest BCUT2D eigenvalue weighted by Crippen LogP contribution is -2.41. The van der Waals surface area contributed by atoms with Crippen molar-refractivity contribution in [3.8, 4) is 0 Å². The van der Waals surface area contributed by atoms with Gasteiger partial charge in [0.25, 0.3) is 5.91 Å². The van der Waals surface area contributed by atoms with Gasteiger partial charge in [0, 0.05) is 25.6 Å². The second kappa shape index (κ2) is 10.3. The highest BCUT2D eigenvalue weighted by Crippen LogP contribution is 2.34. The number of pyridine rings is 1. The van der Waals surface area contributed by atoms with Crippen molar-refractivity contribution >= 4 is 47.7 Å². The Morgan fingerprint density at radius 3 is 2.69 bits per heavy atom. The Balaban J connectivity index is 0.00000245. The maximum atomic E-state index is 12.7. The number of hydrogen-bond acceptors (Lipinski definition) is 4. The van der Waals surface area contributed by atoms with Gasteiger partial charge in [-0.1, -0.05) is 30.7 Å². The van der Waals surface area contributed by atoms with E-state index in [2.05, 4.69) is 19.6 Å². The van der Waals surface area contributed by atoms with Crippen molar-refractivity contribution in [3.05, 3.63) is 35.0 Å². The molecule has 8 heteroatoms. The minimum Gasteiger partial charge on any atom is -0.352 e. The summed E-state index contributed by atoms with van der Waals surface area (Å²) in [5.41, 5.74) is 1.86. The zero-order valence-corrected chi connectivity index (χ0v) is 19.9. The Kier molecular flexibility index (Phi) is 7.46. The largest absolute Gasteiger partial charge is 0.352 e. The molecule has 172 valence electrons. The second-order valence-corrected chi connectivity index (χ2v) is 10.1. The number of amides is 2. The summed E-state index contributed by atoms with van der Waals surface area (Å²) in [4.78, 5) is 32.5. The van der Waals surface area contributed by atoms with Crippen LogP contribution in [0.1, 0.15) is 57.1 Å². The Morgan fingerprint density at radius 1 is 1.12 bits per heavy atom. The highest BCUT2D eigenvalue weighted by atomic mass is 35.5. The van der Waals surface area contributed by atoms with Crippen molar-refractivity contribution < 1.29 is 9.59 Å². The van der Waals surface area contributed by atoms with Gasteiger partial charge in [-0.15, -0.1) is 12.4 Å². The summed E-state index contributed by atoms with van der Waals surface area (Å²) in [6, 6.07) is 5.97. The van der Waals surface area contributed by atoms with Crippen LogP contribution in [0.25, 0.3) is 11.7 Å². The Morgan fingerprint density at radius 2 is 1.91 bits per heavy atom. The lowest BCUT2D eigenvalue weighted by Gasteiger charge is -2.33. The van der Waals surface area contributed by atoms with Gasteiger partial charge in [0.05, 0.1) is 21.8 Å². The predicted octanol–water partition coefficient (Wildman–Crippen LogP) is 4.53. The van der Waals surface area contributed by atoms with Gasteiger partial charge in [-0.2, -0.15) is 0 Å². The van der Waals surface area contributed by atoms with Crippen molar-refractivity contribution in [3.63, 3.8) is 0 Å². The first-order valence-corrected chi connectivity index (χ1v) is 12.4. The van der Waals surface area contributed by atoms with Gasteiger partial charge in [-0.25, -0.2) is 4.98 Å². The maximum absolute atomic E-state index is 12.7. The molecule has 1 aliphatic carbocycles. The van der Waals surface area contributed by atoms with Crippen LogP contribution < -0.4 is 5.32 Å². The third-order valence-electron chi connectivity index (χ3n) is 6.94. The van der Waals surface area contributed by atoms with Crippen molar-refractivity contribution in [2.75, 3.05) is 19.6 Å². The molecule has 0 spiro atoms. The van der Waals surface area contributed by atoms with Crippen molar-refractivity contribution in [2.45, 2.75) is 56.4 Å². The van der Waals surface area contributed by atoms with E-state index in [0.717, 1.165) is 72.9 Å². The summed E-state index contributed by atoms with van der Waals surface area (Å²) < 4.78 is 2.07. The number of nitrogens with zero attached hydrogens (tertiary/aromatic N) is 3. The zero-order valence-electron chi connectivity index (χ0n) is 18.3. The van der Waals surface area contributed by atoms with Crippen LogP contribution in [0, 0.1) is 11.8 Å². The molecule has 0 atom stereocenters. The average Bonchev–Trinajstić information content (AvgIpc) is 3.48. The number of hydrogen-bond donors (Lipinski definition) is 1. The fourth-order valence-corrected chi connectivity index (χ4v) is 6.16. The molecular weight excluding hydrogens is 444 g/mol. The summed E-state index contributed by atoms with van der Waals surface area (Å²) in [5.74, 6) is 1.36. The van der Waals surface area contributed by atoms with Crippen LogP contribution in [0.2, 0.25) is 0 Å². The molecule has 1 N–H and O–H groups in total. The number of rotatable bonds is 6. The summed E-state index contributed by atoms with van der Waals surface area (Å²) in [6.07, 6.45) is 12.6. The minimum atomic E-state index is -0.00793. The topological polar surface area (TPSA) is 66.7 Å². The number of aromatic nitrogens is 2. The van der Waals surface area contributed by atoms with Crippen molar-refractivity contribution in [2.24, 2.45) is 11.8 Å². The van der Waals surface area contributed by atoms with Crippen molar-refractivity contribution in [1.29, 1.82) is 0 Å². The molecule has 5 rings (SSSR count). The first-order valence-electron chi connectivity index (χ1n) is 11.6. The summed E-state index contributed by atoms with van der Waals surface area (Å²) in [6.45, 7) is 2.52. The number of piperidine rings is 1. The van der Waals surface area contributed by atoms with E-state index in [4.69, 9.17) is 0 Å². The monoisotopic (exact) mass is 474 g/mol. The van der Waals surface area contributed by atoms with Gasteiger partial charge in [0.1, 0.15) is 5.65 Å². The first kappa shape index (κ1) is 23.2. The van der Waals surface area contributed by atoms with Crippen molar-refractivity contribution in [1.82, 2.24) is 19.6 Å². The maximum Gasteiger partial charge on any atom is 0.258 e. The lowest BCUT2D eigenvalue weighted by atomic mass is 9.91. The molecule has 2 fully saturated rings. The third kappa shape index (κ3) is 4.84. The Hall–Kier alpha value is -1.99. The Labute approximate surface area is 199 Å². The minimum absolute atomic E-state index is 0. The highest BCUT2D eigenvalue weighted by molar-refractivity contribution is 8.04. The molecule has 3 aliphatic rings. The van der Waals surface area contributed by atoms with Crippen LogP contribution >= 0.6 is 24.2 Å². The number of thioether (sulfide) groups is 1. The van der Waals surface area contributed by atoms with E-state index in [1.165, 1.54) is 24.6 Å². The molecule has 2 aromatic heterocycles. The number of halogens is 1. The fraction of sp³-hybridized carbons (Fsp3) is 0.542. The summed E-state index contributed by atoms with van der Waals surface area (Å²) >= 11 is 1.50. The van der Waals surface area contributed by atoms with Crippen LogP contribution in [-0.4, -0.2) is 45.7 Å². The third-order valence-corrected chi connectivity index (χ3v) is 7.99. The molecule has 0 bridgehead atoms. The Bertz CT molecular complexity index is 1010. The smallest absolute Gasteiger partial charge is 0.258 e. The summed E-state index contributed by atoms with van der Waals surface area (Å²) in [7, 11) is 0. The zero-order chi connectivity index (χ0) is 21.2. The number of likely N-dealkylation sites (tertiary alicyclic amines) is 1. The van der Waals surface area contributed by atoms with E-state index in [-0.39, 0.29) is 18.3 Å². The van der Waals surface area contributed by atoms with Crippen LogP contribution in [-0.2, 0) is 9.59 Å². The predicted molar refractivity (Wildman–Crippen MR) is 130 cm³/mol. The number of imidazole rings is 1. The van der Waals surface area contributed by atoms with Gasteiger partial charge in [-0.3, -0.25) is 14.0 Å². The molecule has 32 heavy (non-hydrogen) atoms. The van der Waals surface area contributed by atoms with Crippen LogP contribution in [0.5, 0.6) is 0 Å². The molecule has 4 heterocycles. The molecule has 6 nitrogen and oxygen atoms in total. The molecule has 1 saturated carbocycles. The van der Waals surface area contributed by atoms with E-state index < -0.39 is 0 Å². The van der Waals surface area contributed by atoms with E-state index in [9.17, 15) is 9.59 Å². The van der Waals surface area contributed by atoms with E-state index >= 15 is 0 Å². The van der Waals surface area contributed by atoms with E-state index in [1.807, 2.05) is 30.5 Å². The highest BCUT2D eigenvalue weighted by Gasteiger charge is 2.29. The quantitative estimate of drug-likeness (QED) is 0.624. The molecule has 1 saturated heterocycles. The summed E-state index contributed by atoms with van der Waals surface area (Å²) in [5, 5.41) is 4.11. The van der Waals surface area contributed by atoms with E-state index in [1.54, 1.807) is 0 Å². The molecule has 2 aliphatic heterocycles. The van der Waals surface area contributed by atoms with E-state index in [0.29, 0.717) is 24.3 Å². The first-order chi connectivity index (χ1) is 15.2. The van der Waals surface area contributed by atoms with Gasteiger partial charge >= 0.3 is 0 Å². The SMILES string of the molecule is Cl.O=C(NCCCC1CCN(C(=O)C2CCCC2)CC1)C1=Cc2cnc3cccc(n23)S1. The van der Waals surface area contributed by atoms with Gasteiger partial charge < -0.3 is 10.2 Å². The molecule has 2 amide bonds. The van der Waals surface area contributed by atoms with Crippen LogP contribution in [0.15, 0.2) is 34.3 Å². The molecular formula is C24H31ClN4O2S. The standard InChI is InChI=1S/C24H30N4O2S.ClH/c29-23(20-15-19-16-26-21-8-3-9-22(31-20)28(19)21)25-12-4-5-17-10-13-27(14-11-17)24(30)18-6-1-2-7-18;/h3,8-9,15-18H,1-2,4-7,10-14H2,(H,25,29);1H. The fourth-order valence-electron chi connectivity index (χ4n) is 5.15. The number of carbonyl (C=O) groups excluding carboxylic acids is 2. The van der Waals surface area contributed by atoms with Crippen LogP contribution in [0.4, 0.5) is 0 Å². The molecule has 0 aromatic carbocycles. The molecule has 2 aromatic rings. The van der Waals surface area contributed by atoms with Gasteiger partial charge in [0.2, 0.25) is 5.91 Å². The average molecular weight is 475 g/mol. The van der Waals surface area contributed by atoms with Gasteiger partial charge in [-0.05, 0) is 62.7 Å². The van der Waals surface area contributed by atoms with Gasteiger partial charge in [0.15, 0.2) is 0 Å². The van der Waals surface area contributed by atoms with Crippen LogP contribution in [0.3, 0.4) is 0 Å². The normalized spacial score (nSPS) is 19.0.